The minimum absolute atomic E-state index is 0.0513. The fourth-order valence-corrected chi connectivity index (χ4v) is 4.96. The number of carbonyl (C=O) groups is 1. The third-order valence-corrected chi connectivity index (χ3v) is 6.89. The van der Waals surface area contributed by atoms with Crippen LogP contribution >= 0.6 is 0 Å². The number of aliphatic hydroxyl groups is 1. The van der Waals surface area contributed by atoms with Gasteiger partial charge in [-0.3, -0.25) is 9.78 Å². The first-order valence-electron chi connectivity index (χ1n) is 11.9. The van der Waals surface area contributed by atoms with Crippen LogP contribution in [0.15, 0.2) is 48.9 Å². The number of piperidine rings is 1. The first-order chi connectivity index (χ1) is 16.5. The molecule has 1 fully saturated rings. The number of pyridine rings is 1. The van der Waals surface area contributed by atoms with E-state index in [1.54, 1.807) is 25.7 Å². The Balaban J connectivity index is 1.34. The second-order valence-corrected chi connectivity index (χ2v) is 9.02. The number of aliphatic carboxylic acids is 1. The van der Waals surface area contributed by atoms with Gasteiger partial charge in [-0.15, -0.1) is 0 Å². The van der Waals surface area contributed by atoms with E-state index in [4.69, 9.17) is 4.74 Å². The van der Waals surface area contributed by atoms with E-state index in [1.807, 2.05) is 30.3 Å². The lowest BCUT2D eigenvalue weighted by atomic mass is 9.81. The topological polar surface area (TPSA) is 109 Å². The highest BCUT2D eigenvalue weighted by Crippen LogP contribution is 2.33. The normalized spacial score (nSPS) is 19.7. The molecular weight excluding hydrogens is 432 g/mol. The first kappa shape index (κ1) is 24.0. The Bertz CT molecular complexity index is 1090. The minimum Gasteiger partial charge on any atom is -0.497 e. The molecule has 8 nitrogen and oxygen atoms in total. The van der Waals surface area contributed by atoms with Crippen molar-refractivity contribution in [1.29, 1.82) is 0 Å². The molecule has 0 aliphatic carbocycles. The van der Waals surface area contributed by atoms with Gasteiger partial charge in [0.1, 0.15) is 5.75 Å². The molecule has 1 aliphatic heterocycles. The molecule has 4 rings (SSSR count). The predicted molar refractivity (Wildman–Crippen MR) is 129 cm³/mol. The zero-order chi connectivity index (χ0) is 23.9. The Labute approximate surface area is 199 Å². The fraction of sp³-hybridized carbons (Fsp3) is 0.462. The molecule has 0 spiro atoms. The summed E-state index contributed by atoms with van der Waals surface area (Å²) in [7, 11) is 1.61. The van der Waals surface area contributed by atoms with Crippen molar-refractivity contribution in [2.75, 3.05) is 26.7 Å². The number of benzene rings is 1. The van der Waals surface area contributed by atoms with Gasteiger partial charge in [0.25, 0.3) is 0 Å². The number of fused-ring (bicyclic) bond motifs is 1. The molecule has 1 saturated heterocycles. The van der Waals surface area contributed by atoms with E-state index in [9.17, 15) is 15.0 Å². The number of aromatic nitrogens is 3. The number of hydrogen-bond donors (Lipinski definition) is 2. The lowest BCUT2D eigenvalue weighted by Gasteiger charge is -2.37. The van der Waals surface area contributed by atoms with Gasteiger partial charge in [-0.2, -0.15) is 10.2 Å². The molecule has 1 aromatic carbocycles. The maximum absolute atomic E-state index is 12.0. The number of hydrogen-bond acceptors (Lipinski definition) is 7. The average molecular weight is 465 g/mol. The highest BCUT2D eigenvalue weighted by molar-refractivity contribution is 5.83. The van der Waals surface area contributed by atoms with Gasteiger partial charge in [-0.25, -0.2) is 0 Å². The number of likely N-dealkylation sites (tertiary alicyclic amines) is 1. The van der Waals surface area contributed by atoms with E-state index in [0.29, 0.717) is 25.1 Å². The van der Waals surface area contributed by atoms with E-state index < -0.39 is 18.0 Å². The van der Waals surface area contributed by atoms with Gasteiger partial charge < -0.3 is 19.8 Å². The number of aryl methyl sites for hydroxylation is 1. The van der Waals surface area contributed by atoms with Crippen molar-refractivity contribution in [1.82, 2.24) is 20.1 Å². The zero-order valence-corrected chi connectivity index (χ0v) is 19.5. The summed E-state index contributed by atoms with van der Waals surface area (Å²) in [6.07, 6.45) is 8.37. The average Bonchev–Trinajstić information content (AvgIpc) is 2.87. The third kappa shape index (κ3) is 5.87. The van der Waals surface area contributed by atoms with Gasteiger partial charge in [-0.1, -0.05) is 0 Å². The standard InChI is InChI=1S/C26H32N4O4/c1-34-20-5-6-24-22(15-20)21(9-11-27-24)25(31)7-4-19-10-14-30(17-23(19)26(32)33)13-2-3-18-8-12-28-29-16-18/h5-6,8-9,11-12,15-16,19,23,25,31H,2-4,7,10,13-14,17H2,1H3,(H,32,33)/t19-,23+,25-/m1/s1. The molecule has 0 saturated carbocycles. The predicted octanol–water partition coefficient (Wildman–Crippen LogP) is 3.50. The van der Waals surface area contributed by atoms with E-state index in [-0.39, 0.29) is 5.92 Å². The van der Waals surface area contributed by atoms with E-state index in [2.05, 4.69) is 20.1 Å². The van der Waals surface area contributed by atoms with Gasteiger partial charge in [0, 0.05) is 24.3 Å². The van der Waals surface area contributed by atoms with Crippen LogP contribution in [-0.2, 0) is 11.2 Å². The van der Waals surface area contributed by atoms with Crippen LogP contribution in [0.1, 0.15) is 42.9 Å². The van der Waals surface area contributed by atoms with Crippen LogP contribution in [-0.4, -0.2) is 63.0 Å². The Morgan fingerprint density at radius 3 is 2.88 bits per heavy atom. The molecule has 180 valence electrons. The van der Waals surface area contributed by atoms with Crippen LogP contribution in [0.4, 0.5) is 0 Å². The van der Waals surface area contributed by atoms with Gasteiger partial charge in [0.15, 0.2) is 0 Å². The van der Waals surface area contributed by atoms with Crippen LogP contribution in [0.3, 0.4) is 0 Å². The Morgan fingerprint density at radius 2 is 2.12 bits per heavy atom. The smallest absolute Gasteiger partial charge is 0.308 e. The lowest BCUT2D eigenvalue weighted by Crippen LogP contribution is -2.44. The van der Waals surface area contributed by atoms with E-state index >= 15 is 0 Å². The van der Waals surface area contributed by atoms with Crippen LogP contribution < -0.4 is 4.74 Å². The van der Waals surface area contributed by atoms with Gasteiger partial charge >= 0.3 is 5.97 Å². The summed E-state index contributed by atoms with van der Waals surface area (Å²) < 4.78 is 5.33. The second kappa shape index (κ2) is 11.4. The number of aliphatic hydroxyl groups excluding tert-OH is 1. The maximum Gasteiger partial charge on any atom is 0.308 e. The molecular formula is C26H32N4O4. The zero-order valence-electron chi connectivity index (χ0n) is 19.5. The number of carboxylic acids is 1. The van der Waals surface area contributed by atoms with Crippen molar-refractivity contribution >= 4 is 16.9 Å². The van der Waals surface area contributed by atoms with Crippen LogP contribution in [0, 0.1) is 11.8 Å². The van der Waals surface area contributed by atoms with E-state index in [0.717, 1.165) is 54.4 Å². The van der Waals surface area contributed by atoms with Gasteiger partial charge in [-0.05, 0) is 92.6 Å². The number of ether oxygens (including phenoxy) is 1. The number of nitrogens with zero attached hydrogens (tertiary/aromatic N) is 4. The van der Waals surface area contributed by atoms with Crippen LogP contribution in [0.5, 0.6) is 5.75 Å². The van der Waals surface area contributed by atoms with Crippen molar-refractivity contribution in [2.45, 2.75) is 38.2 Å². The quantitative estimate of drug-likeness (QED) is 0.469. The second-order valence-electron chi connectivity index (χ2n) is 9.02. The summed E-state index contributed by atoms with van der Waals surface area (Å²) in [6.45, 7) is 2.31. The van der Waals surface area contributed by atoms with Crippen molar-refractivity contribution in [3.05, 3.63) is 60.0 Å². The highest BCUT2D eigenvalue weighted by Gasteiger charge is 2.34. The SMILES string of the molecule is COc1ccc2nccc([C@H](O)CC[C@@H]3CCN(CCCc4ccnnc4)C[C@@H]3C(=O)O)c2c1. The third-order valence-electron chi connectivity index (χ3n) is 6.89. The number of rotatable bonds is 10. The molecule has 3 heterocycles. The Hall–Kier alpha value is -3.10. The first-order valence-corrected chi connectivity index (χ1v) is 11.9. The highest BCUT2D eigenvalue weighted by atomic mass is 16.5. The molecule has 0 amide bonds. The lowest BCUT2D eigenvalue weighted by molar-refractivity contribution is -0.146. The molecule has 3 atom stereocenters. The Kier molecular flexibility index (Phi) is 8.03. The van der Waals surface area contributed by atoms with Crippen molar-refractivity contribution in [2.24, 2.45) is 11.8 Å². The van der Waals surface area contributed by atoms with E-state index in [1.165, 1.54) is 0 Å². The van der Waals surface area contributed by atoms with Crippen molar-refractivity contribution in [3.63, 3.8) is 0 Å². The molecule has 34 heavy (non-hydrogen) atoms. The molecule has 0 unspecified atom stereocenters. The van der Waals surface area contributed by atoms with Crippen molar-refractivity contribution in [3.8, 4) is 5.75 Å². The molecule has 8 heteroatoms. The van der Waals surface area contributed by atoms with Gasteiger partial charge in [0.05, 0.1) is 30.8 Å². The minimum atomic E-state index is -0.748. The monoisotopic (exact) mass is 464 g/mol. The molecule has 2 aromatic heterocycles. The number of carboxylic acid groups (broad SMARTS) is 1. The maximum atomic E-state index is 12.0. The summed E-state index contributed by atoms with van der Waals surface area (Å²) in [6, 6.07) is 9.42. The summed E-state index contributed by atoms with van der Waals surface area (Å²) >= 11 is 0. The molecule has 0 radical (unpaired) electrons. The summed E-state index contributed by atoms with van der Waals surface area (Å²) in [5.41, 5.74) is 2.75. The number of methoxy groups -OCH3 is 1. The Morgan fingerprint density at radius 1 is 1.24 bits per heavy atom. The molecule has 2 N–H and O–H groups in total. The van der Waals surface area contributed by atoms with Crippen LogP contribution in [0.25, 0.3) is 10.9 Å². The molecule has 0 bridgehead atoms. The van der Waals surface area contributed by atoms with Crippen molar-refractivity contribution < 1.29 is 19.7 Å². The fourth-order valence-electron chi connectivity index (χ4n) is 4.96. The summed E-state index contributed by atoms with van der Waals surface area (Å²) in [5.74, 6) is -0.401. The van der Waals surface area contributed by atoms with Crippen LogP contribution in [0.2, 0.25) is 0 Å². The molecule has 1 aliphatic rings. The largest absolute Gasteiger partial charge is 0.497 e. The van der Waals surface area contributed by atoms with Gasteiger partial charge in [0.2, 0.25) is 0 Å². The summed E-state index contributed by atoms with van der Waals surface area (Å²) in [5, 5.41) is 29.4. The summed E-state index contributed by atoms with van der Waals surface area (Å²) in [4.78, 5) is 18.7. The molecule has 3 aromatic rings.